The summed E-state index contributed by atoms with van der Waals surface area (Å²) in [4.78, 5) is 6.91. The van der Waals surface area contributed by atoms with Crippen molar-refractivity contribution in [2.45, 2.75) is 32.6 Å². The quantitative estimate of drug-likeness (QED) is 0.785. The van der Waals surface area contributed by atoms with Gasteiger partial charge in [-0.1, -0.05) is 49.4 Å². The second-order valence-corrected chi connectivity index (χ2v) is 5.85. The Bertz CT molecular complexity index is 474. The van der Waals surface area contributed by atoms with Crippen molar-refractivity contribution >= 4 is 34.8 Å². The van der Waals surface area contributed by atoms with Gasteiger partial charge in [0.25, 0.3) is 0 Å². The maximum Gasteiger partial charge on any atom is 0.199 e. The van der Waals surface area contributed by atoms with Gasteiger partial charge in [-0.05, 0) is 24.6 Å². The zero-order chi connectivity index (χ0) is 14.4. The van der Waals surface area contributed by atoms with E-state index in [0.29, 0.717) is 10.0 Å². The summed E-state index contributed by atoms with van der Waals surface area (Å²) in [7, 11) is 0. The lowest BCUT2D eigenvalue weighted by atomic mass is 10.2. The Labute approximate surface area is 131 Å². The maximum atomic E-state index is 6.16. The lowest BCUT2D eigenvalue weighted by Gasteiger charge is -2.17. The van der Waals surface area contributed by atoms with Crippen LogP contribution in [0.4, 0.5) is 5.69 Å². The summed E-state index contributed by atoms with van der Waals surface area (Å²) in [5.41, 5.74) is 0.763. The van der Waals surface area contributed by atoms with Gasteiger partial charge in [-0.15, -0.1) is 0 Å². The molecule has 1 aromatic carbocycles. The summed E-state index contributed by atoms with van der Waals surface area (Å²) in [6, 6.07) is 5.39. The lowest BCUT2D eigenvalue weighted by molar-refractivity contribution is 0.437. The van der Waals surface area contributed by atoms with Crippen molar-refractivity contribution in [1.29, 1.82) is 0 Å². The number of guanidine groups is 1. The normalized spacial score (nSPS) is 16.8. The number of halogens is 2. The smallest absolute Gasteiger partial charge is 0.199 e. The zero-order valence-corrected chi connectivity index (χ0v) is 13.3. The van der Waals surface area contributed by atoms with Crippen LogP contribution in [0.15, 0.2) is 23.2 Å². The predicted octanol–water partition coefficient (Wildman–Crippen LogP) is 4.47. The van der Waals surface area contributed by atoms with Crippen LogP contribution in [-0.4, -0.2) is 30.5 Å². The van der Waals surface area contributed by atoms with Gasteiger partial charge in [0, 0.05) is 24.7 Å². The zero-order valence-electron chi connectivity index (χ0n) is 11.8. The standard InChI is InChI=1S/C15H21Cl2N3/c1-2-3-4-5-9-20-10-8-18-15(20)19-14-7-6-12(16)11-13(14)17/h6-7,11H,2-5,8-10H2,1H3,(H,18,19). The van der Waals surface area contributed by atoms with Crippen LogP contribution in [0.2, 0.25) is 10.0 Å². The Kier molecular flexibility index (Phi) is 5.99. The van der Waals surface area contributed by atoms with E-state index in [1.54, 1.807) is 6.07 Å². The highest BCUT2D eigenvalue weighted by molar-refractivity contribution is 6.36. The molecule has 2 rings (SSSR count). The first-order valence-electron chi connectivity index (χ1n) is 7.23. The molecule has 1 aliphatic heterocycles. The second-order valence-electron chi connectivity index (χ2n) is 5.01. The van der Waals surface area contributed by atoms with Crippen LogP contribution >= 0.6 is 23.2 Å². The van der Waals surface area contributed by atoms with E-state index < -0.39 is 0 Å². The van der Waals surface area contributed by atoms with Crippen molar-refractivity contribution in [3.05, 3.63) is 28.2 Å². The van der Waals surface area contributed by atoms with Gasteiger partial charge in [-0.25, -0.2) is 4.99 Å². The molecule has 1 heterocycles. The first kappa shape index (κ1) is 15.5. The van der Waals surface area contributed by atoms with Gasteiger partial charge in [0.2, 0.25) is 0 Å². The molecule has 0 amide bonds. The number of nitrogens with zero attached hydrogens (tertiary/aromatic N) is 2. The molecule has 20 heavy (non-hydrogen) atoms. The molecule has 3 nitrogen and oxygen atoms in total. The molecule has 0 unspecified atom stereocenters. The number of rotatable bonds is 6. The van der Waals surface area contributed by atoms with Crippen LogP contribution in [0.1, 0.15) is 32.6 Å². The Morgan fingerprint density at radius 1 is 1.25 bits per heavy atom. The summed E-state index contributed by atoms with van der Waals surface area (Å²) in [6.07, 6.45) is 5.06. The predicted molar refractivity (Wildman–Crippen MR) is 87.3 cm³/mol. The molecule has 0 aromatic heterocycles. The third-order valence-corrected chi connectivity index (χ3v) is 3.92. The Balaban J connectivity index is 2.00. The average molecular weight is 314 g/mol. The molecule has 0 radical (unpaired) electrons. The summed E-state index contributed by atoms with van der Waals surface area (Å²) in [6.45, 7) is 5.23. The fraction of sp³-hybridized carbons (Fsp3) is 0.533. The SMILES string of the molecule is CCCCCCN1CCN/C1=N\c1ccc(Cl)cc1Cl. The van der Waals surface area contributed by atoms with Gasteiger partial charge in [0.1, 0.15) is 0 Å². The molecule has 0 atom stereocenters. The number of benzene rings is 1. The molecule has 0 spiro atoms. The molecule has 1 aliphatic rings. The number of hydrogen-bond donors (Lipinski definition) is 1. The molecule has 1 N–H and O–H groups in total. The van der Waals surface area contributed by atoms with Crippen LogP contribution < -0.4 is 5.32 Å². The minimum Gasteiger partial charge on any atom is -0.354 e. The van der Waals surface area contributed by atoms with Crippen LogP contribution in [0, 0.1) is 0 Å². The number of hydrogen-bond acceptors (Lipinski definition) is 1. The molecular weight excluding hydrogens is 293 g/mol. The molecule has 5 heteroatoms. The van der Waals surface area contributed by atoms with Crippen LogP contribution in [0.5, 0.6) is 0 Å². The molecule has 0 saturated carbocycles. The second kappa shape index (κ2) is 7.75. The van der Waals surface area contributed by atoms with Gasteiger partial charge < -0.3 is 10.2 Å². The van der Waals surface area contributed by atoms with Crippen molar-refractivity contribution in [1.82, 2.24) is 10.2 Å². The van der Waals surface area contributed by atoms with Crippen molar-refractivity contribution in [3.63, 3.8) is 0 Å². The van der Waals surface area contributed by atoms with Gasteiger partial charge in [-0.3, -0.25) is 0 Å². The summed E-state index contributed by atoms with van der Waals surface area (Å²) < 4.78 is 0. The highest BCUT2D eigenvalue weighted by atomic mass is 35.5. The number of nitrogens with one attached hydrogen (secondary N) is 1. The Morgan fingerprint density at radius 2 is 2.10 bits per heavy atom. The van der Waals surface area contributed by atoms with E-state index in [0.717, 1.165) is 31.3 Å². The summed E-state index contributed by atoms with van der Waals surface area (Å²) in [5, 5.41) is 4.54. The van der Waals surface area contributed by atoms with E-state index in [9.17, 15) is 0 Å². The fourth-order valence-electron chi connectivity index (χ4n) is 2.26. The minimum atomic E-state index is 0.588. The van der Waals surface area contributed by atoms with Crippen molar-refractivity contribution < 1.29 is 0 Å². The first-order chi connectivity index (χ1) is 9.70. The number of aliphatic imine (C=N–C) groups is 1. The first-order valence-corrected chi connectivity index (χ1v) is 7.99. The summed E-state index contributed by atoms with van der Waals surface area (Å²) >= 11 is 12.1. The molecule has 1 fully saturated rings. The molecule has 0 aliphatic carbocycles. The van der Waals surface area contributed by atoms with Gasteiger partial charge in [0.05, 0.1) is 10.7 Å². The van der Waals surface area contributed by atoms with Crippen molar-refractivity contribution in [3.8, 4) is 0 Å². The Hall–Kier alpha value is -0.930. The van der Waals surface area contributed by atoms with Crippen molar-refractivity contribution in [2.24, 2.45) is 4.99 Å². The van der Waals surface area contributed by atoms with E-state index >= 15 is 0 Å². The van der Waals surface area contributed by atoms with Crippen LogP contribution in [0.25, 0.3) is 0 Å². The minimum absolute atomic E-state index is 0.588. The average Bonchev–Trinajstić information content (AvgIpc) is 2.85. The molecule has 1 saturated heterocycles. The van der Waals surface area contributed by atoms with Crippen molar-refractivity contribution in [2.75, 3.05) is 19.6 Å². The maximum absolute atomic E-state index is 6.16. The largest absolute Gasteiger partial charge is 0.354 e. The molecule has 110 valence electrons. The third-order valence-electron chi connectivity index (χ3n) is 3.38. The fourth-order valence-corrected chi connectivity index (χ4v) is 2.71. The van der Waals surface area contributed by atoms with Crippen LogP contribution in [0.3, 0.4) is 0 Å². The topological polar surface area (TPSA) is 27.6 Å². The van der Waals surface area contributed by atoms with E-state index in [2.05, 4.69) is 22.1 Å². The molecular formula is C15H21Cl2N3. The highest BCUT2D eigenvalue weighted by Gasteiger charge is 2.17. The molecule has 1 aromatic rings. The van der Waals surface area contributed by atoms with E-state index in [1.165, 1.54) is 25.7 Å². The van der Waals surface area contributed by atoms with Crippen LogP contribution in [-0.2, 0) is 0 Å². The van der Waals surface area contributed by atoms with E-state index in [-0.39, 0.29) is 0 Å². The number of unbranched alkanes of at least 4 members (excludes halogenated alkanes) is 3. The van der Waals surface area contributed by atoms with Gasteiger partial charge in [-0.2, -0.15) is 0 Å². The van der Waals surface area contributed by atoms with Gasteiger partial charge >= 0.3 is 0 Å². The highest BCUT2D eigenvalue weighted by Crippen LogP contribution is 2.28. The van der Waals surface area contributed by atoms with Gasteiger partial charge in [0.15, 0.2) is 5.96 Å². The summed E-state index contributed by atoms with van der Waals surface area (Å²) in [5.74, 6) is 0.922. The monoisotopic (exact) mass is 313 g/mol. The Morgan fingerprint density at radius 3 is 2.85 bits per heavy atom. The molecule has 0 bridgehead atoms. The van der Waals surface area contributed by atoms with E-state index in [4.69, 9.17) is 23.2 Å². The third kappa shape index (κ3) is 4.29. The van der Waals surface area contributed by atoms with E-state index in [1.807, 2.05) is 12.1 Å². The lowest BCUT2D eigenvalue weighted by Crippen LogP contribution is -2.30.